The fraction of sp³-hybridized carbons (Fsp3) is 0.184. The summed E-state index contributed by atoms with van der Waals surface area (Å²) in [6.07, 6.45) is 1.20. The Hall–Kier alpha value is -5.02. The lowest BCUT2D eigenvalue weighted by Gasteiger charge is -2.37. The summed E-state index contributed by atoms with van der Waals surface area (Å²) < 4.78 is 39.3. The maximum atomic E-state index is 14.5. The van der Waals surface area contributed by atoms with Crippen LogP contribution in [0.3, 0.4) is 0 Å². The Labute approximate surface area is 275 Å². The maximum absolute atomic E-state index is 14.5. The molecule has 2 amide bonds. The van der Waals surface area contributed by atoms with E-state index in [0.717, 1.165) is 45.7 Å². The third kappa shape index (κ3) is 7.86. The zero-order valence-electron chi connectivity index (χ0n) is 25.4. The van der Waals surface area contributed by atoms with Gasteiger partial charge in [-0.25, -0.2) is 0 Å². The highest BCUT2D eigenvalue weighted by atomic mass is 32.1. The van der Waals surface area contributed by atoms with E-state index in [0.29, 0.717) is 25.1 Å². The molecule has 0 N–H and O–H groups in total. The molecule has 0 unspecified atom stereocenters. The quantitative estimate of drug-likeness (QED) is 0.152. The molecule has 0 aliphatic carbocycles. The van der Waals surface area contributed by atoms with Crippen LogP contribution in [-0.4, -0.2) is 39.2 Å². The third-order valence-corrected chi connectivity index (χ3v) is 9.16. The van der Waals surface area contributed by atoms with Gasteiger partial charge in [-0.1, -0.05) is 91.0 Å². The second-order valence-corrected chi connectivity index (χ2v) is 12.4. The minimum absolute atomic E-state index is 0.152. The number of carbonyl (C=O) groups is 2. The fourth-order valence-electron chi connectivity index (χ4n) is 5.78. The molecule has 47 heavy (non-hydrogen) atoms. The topological polar surface area (TPSA) is 53.5 Å². The summed E-state index contributed by atoms with van der Waals surface area (Å²) in [4.78, 5) is 37.1. The minimum atomic E-state index is -4.45. The predicted octanol–water partition coefficient (Wildman–Crippen LogP) is 8.07. The van der Waals surface area contributed by atoms with Crippen molar-refractivity contribution in [1.29, 1.82) is 0 Å². The number of alkyl halides is 3. The molecule has 0 saturated carbocycles. The van der Waals surface area contributed by atoms with Gasteiger partial charge in [0.1, 0.15) is 6.04 Å². The van der Waals surface area contributed by atoms with Crippen LogP contribution < -0.4 is 0 Å². The first kappa shape index (κ1) is 31.9. The van der Waals surface area contributed by atoms with E-state index in [2.05, 4.69) is 11.1 Å². The lowest BCUT2D eigenvalue weighted by atomic mass is 9.97. The van der Waals surface area contributed by atoms with Gasteiger partial charge in [0.2, 0.25) is 11.8 Å². The van der Waals surface area contributed by atoms with E-state index in [1.807, 2.05) is 77.7 Å². The van der Waals surface area contributed by atoms with Crippen LogP contribution in [0.2, 0.25) is 0 Å². The van der Waals surface area contributed by atoms with Crippen molar-refractivity contribution in [1.82, 2.24) is 14.8 Å². The van der Waals surface area contributed by atoms with Crippen LogP contribution in [0.4, 0.5) is 13.2 Å². The van der Waals surface area contributed by atoms with E-state index in [4.69, 9.17) is 0 Å². The van der Waals surface area contributed by atoms with Crippen LogP contribution in [0, 0.1) is 0 Å². The van der Waals surface area contributed by atoms with Gasteiger partial charge < -0.3 is 9.80 Å². The van der Waals surface area contributed by atoms with Crippen molar-refractivity contribution in [3.05, 3.63) is 154 Å². The van der Waals surface area contributed by atoms with Gasteiger partial charge in [0.15, 0.2) is 0 Å². The molecule has 0 fully saturated rings. The van der Waals surface area contributed by atoms with Gasteiger partial charge in [0.05, 0.1) is 16.0 Å². The van der Waals surface area contributed by atoms with Gasteiger partial charge in [-0.05, 0) is 58.0 Å². The Morgan fingerprint density at radius 1 is 0.872 bits per heavy atom. The summed E-state index contributed by atoms with van der Waals surface area (Å²) in [5.74, 6) is -0.566. The zero-order valence-corrected chi connectivity index (χ0v) is 26.3. The van der Waals surface area contributed by atoms with Crippen molar-refractivity contribution >= 4 is 29.2 Å². The number of hydrogen-bond acceptors (Lipinski definition) is 4. The average Bonchev–Trinajstić information content (AvgIpc) is 3.64. The van der Waals surface area contributed by atoms with Gasteiger partial charge in [0, 0.05) is 38.3 Å². The largest absolute Gasteiger partial charge is 0.416 e. The number of benzene rings is 4. The lowest BCUT2D eigenvalue weighted by molar-refractivity contribution is -0.144. The Balaban J connectivity index is 1.33. The van der Waals surface area contributed by atoms with E-state index >= 15 is 0 Å². The fourth-order valence-corrected chi connectivity index (χ4v) is 6.41. The molecule has 9 heteroatoms. The van der Waals surface area contributed by atoms with Crippen molar-refractivity contribution < 1.29 is 22.8 Å². The Morgan fingerprint density at radius 2 is 1.57 bits per heavy atom. The normalized spacial score (nSPS) is 13.7. The van der Waals surface area contributed by atoms with E-state index in [-0.39, 0.29) is 12.5 Å². The molecule has 238 valence electrons. The van der Waals surface area contributed by atoms with Crippen molar-refractivity contribution in [2.24, 2.45) is 0 Å². The molecule has 0 saturated heterocycles. The summed E-state index contributed by atoms with van der Waals surface area (Å²) in [6, 6.07) is 29.3. The molecule has 0 bridgehead atoms. The first-order valence-corrected chi connectivity index (χ1v) is 16.2. The predicted molar refractivity (Wildman–Crippen MR) is 178 cm³/mol. The summed E-state index contributed by atoms with van der Waals surface area (Å²) in [5, 5.41) is 0. The molecule has 1 aromatic heterocycles. The van der Waals surface area contributed by atoms with E-state index in [9.17, 15) is 22.8 Å². The number of aromatic nitrogens is 1. The summed E-state index contributed by atoms with van der Waals surface area (Å²) in [6.45, 7) is 1.15. The highest BCUT2D eigenvalue weighted by Crippen LogP contribution is 2.30. The molecule has 1 aliphatic heterocycles. The van der Waals surface area contributed by atoms with Crippen molar-refractivity contribution in [3.8, 4) is 10.4 Å². The van der Waals surface area contributed by atoms with Gasteiger partial charge in [-0.15, -0.1) is 11.3 Å². The molecule has 1 atom stereocenters. The number of rotatable bonds is 9. The Kier molecular flexibility index (Phi) is 9.63. The van der Waals surface area contributed by atoms with Crippen molar-refractivity contribution in [2.45, 2.75) is 38.1 Å². The smallest absolute Gasteiger partial charge is 0.336 e. The number of halogens is 3. The lowest BCUT2D eigenvalue weighted by Crippen LogP contribution is -2.52. The number of hydrogen-bond donors (Lipinski definition) is 0. The highest BCUT2D eigenvalue weighted by molar-refractivity contribution is 7.13. The molecule has 0 spiro atoms. The molecule has 6 rings (SSSR count). The first-order valence-electron chi connectivity index (χ1n) is 15.3. The number of carbonyl (C=O) groups excluding carboxylic acids is 2. The first-order chi connectivity index (χ1) is 22.7. The Morgan fingerprint density at radius 3 is 2.26 bits per heavy atom. The van der Waals surface area contributed by atoms with Gasteiger partial charge in [0.25, 0.3) is 0 Å². The molecule has 5 nitrogen and oxygen atoms in total. The van der Waals surface area contributed by atoms with Gasteiger partial charge in [-0.3, -0.25) is 14.6 Å². The second-order valence-electron chi connectivity index (χ2n) is 11.5. The number of nitrogens with zero attached hydrogens (tertiary/aromatic N) is 3. The second kappa shape index (κ2) is 14.2. The van der Waals surface area contributed by atoms with Crippen molar-refractivity contribution in [3.63, 3.8) is 0 Å². The summed E-state index contributed by atoms with van der Waals surface area (Å²) in [7, 11) is 0. The number of fused-ring (bicyclic) bond motifs is 1. The van der Waals surface area contributed by atoms with Crippen LogP contribution in [0.25, 0.3) is 16.5 Å². The highest BCUT2D eigenvalue weighted by Gasteiger charge is 2.34. The standard InChI is InChI=1S/C38H32F3N3O2S/c39-38(40,41)33-17-12-27(13-18-33)14-19-36(45)44(24-29-10-15-31(16-11-29)35-23-42-26-47-35)34(22-28-6-2-1-3-7-28)37(46)43-21-20-30-8-4-5-9-32(30)25-43/h1-19,23,26,34H,20-22,24-25H2/t34-/m0/s1. The maximum Gasteiger partial charge on any atom is 0.416 e. The van der Waals surface area contributed by atoms with Gasteiger partial charge >= 0.3 is 6.18 Å². The van der Waals surface area contributed by atoms with Crippen LogP contribution in [0.15, 0.2) is 121 Å². The Bertz CT molecular complexity index is 1840. The number of thiazole rings is 1. The van der Waals surface area contributed by atoms with Crippen LogP contribution in [-0.2, 0) is 41.7 Å². The van der Waals surface area contributed by atoms with E-state index in [1.54, 1.807) is 16.6 Å². The van der Waals surface area contributed by atoms with E-state index in [1.165, 1.54) is 41.2 Å². The minimum Gasteiger partial charge on any atom is -0.336 e. The molecule has 1 aliphatic rings. The molecular formula is C38H32F3N3O2S. The summed E-state index contributed by atoms with van der Waals surface area (Å²) >= 11 is 1.53. The summed E-state index contributed by atoms with van der Waals surface area (Å²) in [5.41, 5.74) is 6.50. The molecular weight excluding hydrogens is 619 g/mol. The SMILES string of the molecule is O=C([C@H](Cc1ccccc1)N(Cc1ccc(-c2cncs2)cc1)C(=O)C=Cc1ccc(C(F)(F)F)cc1)N1CCc2ccccc2C1. The van der Waals surface area contributed by atoms with Crippen LogP contribution in [0.1, 0.15) is 33.4 Å². The van der Waals surface area contributed by atoms with Crippen molar-refractivity contribution in [2.75, 3.05) is 6.54 Å². The monoisotopic (exact) mass is 651 g/mol. The molecule has 2 heterocycles. The molecule has 5 aromatic rings. The van der Waals surface area contributed by atoms with Crippen LogP contribution >= 0.6 is 11.3 Å². The molecule has 4 aromatic carbocycles. The zero-order chi connectivity index (χ0) is 32.8. The average molecular weight is 652 g/mol. The van der Waals surface area contributed by atoms with Gasteiger partial charge in [-0.2, -0.15) is 13.2 Å². The number of amides is 2. The van der Waals surface area contributed by atoms with E-state index < -0.39 is 23.7 Å². The third-order valence-electron chi connectivity index (χ3n) is 8.34. The molecule has 0 radical (unpaired) electrons. The van der Waals surface area contributed by atoms with Crippen LogP contribution in [0.5, 0.6) is 0 Å².